The summed E-state index contributed by atoms with van der Waals surface area (Å²) in [7, 11) is 1.69. The van der Waals surface area contributed by atoms with Crippen molar-refractivity contribution < 1.29 is 4.74 Å². The number of hydrogen-bond acceptors (Lipinski definition) is 4. The molecule has 0 radical (unpaired) electrons. The van der Waals surface area contributed by atoms with Crippen LogP contribution in [0.3, 0.4) is 0 Å². The van der Waals surface area contributed by atoms with Gasteiger partial charge >= 0.3 is 0 Å². The summed E-state index contributed by atoms with van der Waals surface area (Å²) in [6, 6.07) is 6.11. The highest BCUT2D eigenvalue weighted by Gasteiger charge is 2.23. The fraction of sp³-hybridized carbons (Fsp3) is 0.316. The molecule has 1 aromatic carbocycles. The number of benzene rings is 1. The highest BCUT2D eigenvalue weighted by Crippen LogP contribution is 2.31. The standard InChI is InChI=1S/C19H20N4O/c1-12-4-6-14(7-5-12)19-16-10-15(24-3)8-9-17(16)23-13(2)21-22-18(23)11-20-19/h4,7-10H,5-6,11H2,1-3H3. The number of aromatic nitrogens is 3. The molecular weight excluding hydrogens is 300 g/mol. The first kappa shape index (κ1) is 14.9. The molecule has 0 bridgehead atoms. The molecule has 0 unspecified atom stereocenters. The molecule has 1 aliphatic carbocycles. The molecule has 0 spiro atoms. The number of nitrogens with zero attached hydrogens (tertiary/aromatic N) is 4. The first-order chi connectivity index (χ1) is 11.7. The minimum absolute atomic E-state index is 0.535. The predicted molar refractivity (Wildman–Crippen MR) is 94.0 cm³/mol. The summed E-state index contributed by atoms with van der Waals surface area (Å²) in [5, 5.41) is 8.51. The van der Waals surface area contributed by atoms with Crippen LogP contribution in [-0.4, -0.2) is 27.6 Å². The molecule has 0 fully saturated rings. The molecule has 1 aliphatic heterocycles. The van der Waals surface area contributed by atoms with Gasteiger partial charge in [-0.2, -0.15) is 0 Å². The number of ether oxygens (including phenoxy) is 1. The Kier molecular flexibility index (Phi) is 3.56. The summed E-state index contributed by atoms with van der Waals surface area (Å²) in [6.45, 7) is 4.68. The van der Waals surface area contributed by atoms with Crippen molar-refractivity contribution in [2.24, 2.45) is 4.99 Å². The molecule has 0 atom stereocenters. The normalized spacial score (nSPS) is 16.4. The summed E-state index contributed by atoms with van der Waals surface area (Å²) in [5.41, 5.74) is 5.86. The minimum atomic E-state index is 0.535. The summed E-state index contributed by atoms with van der Waals surface area (Å²) < 4.78 is 7.54. The maximum absolute atomic E-state index is 5.45. The van der Waals surface area contributed by atoms with Gasteiger partial charge in [-0.05, 0) is 50.5 Å². The smallest absolute Gasteiger partial charge is 0.159 e. The van der Waals surface area contributed by atoms with Gasteiger partial charge in [0, 0.05) is 5.56 Å². The van der Waals surface area contributed by atoms with E-state index in [1.165, 1.54) is 11.1 Å². The van der Waals surface area contributed by atoms with Gasteiger partial charge in [-0.15, -0.1) is 10.2 Å². The van der Waals surface area contributed by atoms with E-state index in [0.717, 1.165) is 47.2 Å². The minimum Gasteiger partial charge on any atom is -0.497 e. The quantitative estimate of drug-likeness (QED) is 0.795. The molecule has 0 saturated heterocycles. The van der Waals surface area contributed by atoms with Crippen molar-refractivity contribution in [3.05, 3.63) is 58.7 Å². The first-order valence-electron chi connectivity index (χ1n) is 8.16. The van der Waals surface area contributed by atoms with Crippen molar-refractivity contribution in [2.75, 3.05) is 7.11 Å². The Bertz CT molecular complexity index is 902. The molecule has 2 aliphatic rings. The van der Waals surface area contributed by atoms with Crippen molar-refractivity contribution in [3.8, 4) is 11.4 Å². The second kappa shape index (κ2) is 5.74. The predicted octanol–water partition coefficient (Wildman–Crippen LogP) is 3.55. The lowest BCUT2D eigenvalue weighted by molar-refractivity contribution is 0.414. The Labute approximate surface area is 141 Å². The number of rotatable bonds is 2. The zero-order valence-corrected chi connectivity index (χ0v) is 14.2. The number of aryl methyl sites for hydroxylation is 1. The van der Waals surface area contributed by atoms with E-state index in [2.05, 4.69) is 46.0 Å². The van der Waals surface area contributed by atoms with E-state index in [1.54, 1.807) is 7.11 Å². The largest absolute Gasteiger partial charge is 0.497 e. The Morgan fingerprint density at radius 2 is 1.96 bits per heavy atom. The van der Waals surface area contributed by atoms with Crippen molar-refractivity contribution in [1.82, 2.24) is 14.8 Å². The molecule has 2 aromatic rings. The molecule has 5 nitrogen and oxygen atoms in total. The molecule has 0 N–H and O–H groups in total. The van der Waals surface area contributed by atoms with E-state index < -0.39 is 0 Å². The van der Waals surface area contributed by atoms with E-state index in [4.69, 9.17) is 9.73 Å². The van der Waals surface area contributed by atoms with Crippen molar-refractivity contribution >= 4 is 5.71 Å². The van der Waals surface area contributed by atoms with Crippen molar-refractivity contribution in [1.29, 1.82) is 0 Å². The van der Waals surface area contributed by atoms with Crippen LogP contribution in [0.4, 0.5) is 0 Å². The van der Waals surface area contributed by atoms with Gasteiger partial charge in [-0.1, -0.05) is 17.7 Å². The third kappa shape index (κ3) is 2.37. The number of methoxy groups -OCH3 is 1. The van der Waals surface area contributed by atoms with Crippen LogP contribution in [0.1, 0.15) is 37.0 Å². The number of fused-ring (bicyclic) bond motifs is 3. The van der Waals surface area contributed by atoms with Crippen LogP contribution in [0.5, 0.6) is 5.75 Å². The van der Waals surface area contributed by atoms with Crippen LogP contribution in [0.2, 0.25) is 0 Å². The summed E-state index contributed by atoms with van der Waals surface area (Å²) in [6.07, 6.45) is 6.48. The molecule has 5 heteroatoms. The van der Waals surface area contributed by atoms with Crippen LogP contribution in [0, 0.1) is 6.92 Å². The second-order valence-electron chi connectivity index (χ2n) is 6.23. The third-order valence-electron chi connectivity index (χ3n) is 4.62. The SMILES string of the molecule is COc1ccc2c(c1)C(C1=CCC(C)=CC1)=NCc1nnc(C)n1-2. The molecule has 24 heavy (non-hydrogen) atoms. The lowest BCUT2D eigenvalue weighted by Crippen LogP contribution is -2.11. The zero-order valence-electron chi connectivity index (χ0n) is 14.2. The maximum Gasteiger partial charge on any atom is 0.159 e. The third-order valence-corrected chi connectivity index (χ3v) is 4.62. The van der Waals surface area contributed by atoms with Gasteiger partial charge in [-0.3, -0.25) is 9.56 Å². The highest BCUT2D eigenvalue weighted by molar-refractivity contribution is 6.15. The number of aliphatic imine (C=N–C) groups is 1. The Morgan fingerprint density at radius 3 is 2.71 bits per heavy atom. The van der Waals surface area contributed by atoms with Gasteiger partial charge in [0.05, 0.1) is 18.5 Å². The van der Waals surface area contributed by atoms with E-state index >= 15 is 0 Å². The van der Waals surface area contributed by atoms with E-state index in [0.29, 0.717) is 6.54 Å². The lowest BCUT2D eigenvalue weighted by Gasteiger charge is -2.17. The fourth-order valence-electron chi connectivity index (χ4n) is 3.29. The van der Waals surface area contributed by atoms with Crippen LogP contribution in [-0.2, 0) is 6.54 Å². The molecule has 1 aromatic heterocycles. The number of hydrogen-bond donors (Lipinski definition) is 0. The van der Waals surface area contributed by atoms with Gasteiger partial charge in [0.25, 0.3) is 0 Å². The van der Waals surface area contributed by atoms with E-state index in [-0.39, 0.29) is 0 Å². The van der Waals surface area contributed by atoms with Gasteiger partial charge in [0.1, 0.15) is 18.1 Å². The van der Waals surface area contributed by atoms with Crippen LogP contribution >= 0.6 is 0 Å². The molecule has 122 valence electrons. The van der Waals surface area contributed by atoms with Crippen molar-refractivity contribution in [3.63, 3.8) is 0 Å². The summed E-state index contributed by atoms with van der Waals surface area (Å²) >= 11 is 0. The number of allylic oxidation sites excluding steroid dienone is 4. The maximum atomic E-state index is 5.45. The van der Waals surface area contributed by atoms with E-state index in [1.807, 2.05) is 13.0 Å². The second-order valence-corrected chi connectivity index (χ2v) is 6.23. The van der Waals surface area contributed by atoms with Gasteiger partial charge in [-0.25, -0.2) is 0 Å². The van der Waals surface area contributed by atoms with Gasteiger partial charge < -0.3 is 4.74 Å². The first-order valence-corrected chi connectivity index (χ1v) is 8.16. The molecular formula is C19H20N4O. The lowest BCUT2D eigenvalue weighted by atomic mass is 9.92. The Hall–Kier alpha value is -2.69. The highest BCUT2D eigenvalue weighted by atomic mass is 16.5. The fourth-order valence-corrected chi connectivity index (χ4v) is 3.29. The van der Waals surface area contributed by atoms with Crippen molar-refractivity contribution in [2.45, 2.75) is 33.2 Å². The van der Waals surface area contributed by atoms with Crippen LogP contribution in [0.25, 0.3) is 5.69 Å². The Morgan fingerprint density at radius 1 is 1.08 bits per heavy atom. The summed E-state index contributed by atoms with van der Waals surface area (Å²) in [5.74, 6) is 2.58. The molecule has 2 heterocycles. The topological polar surface area (TPSA) is 52.3 Å². The average Bonchev–Trinajstić information content (AvgIpc) is 2.88. The monoisotopic (exact) mass is 320 g/mol. The average molecular weight is 320 g/mol. The Balaban J connectivity index is 1.90. The zero-order chi connectivity index (χ0) is 16.7. The summed E-state index contributed by atoms with van der Waals surface area (Å²) in [4.78, 5) is 4.88. The van der Waals surface area contributed by atoms with Gasteiger partial charge in [0.15, 0.2) is 5.82 Å². The van der Waals surface area contributed by atoms with Crippen LogP contribution in [0.15, 0.2) is 46.5 Å². The molecule has 0 amide bonds. The molecule has 4 rings (SSSR count). The van der Waals surface area contributed by atoms with E-state index in [9.17, 15) is 0 Å². The van der Waals surface area contributed by atoms with Crippen LogP contribution < -0.4 is 4.74 Å². The van der Waals surface area contributed by atoms with Gasteiger partial charge in [0.2, 0.25) is 0 Å². The molecule has 0 saturated carbocycles.